The molecule has 3 rings (SSSR count). The second kappa shape index (κ2) is 8.87. The molecule has 0 bridgehead atoms. The number of benzene rings is 2. The number of carbonyl (C=O) groups is 1. The van der Waals surface area contributed by atoms with Crippen molar-refractivity contribution in [2.45, 2.75) is 6.36 Å². The molecule has 3 aromatic rings. The highest BCUT2D eigenvalue weighted by Crippen LogP contribution is 2.33. The molecule has 0 unspecified atom stereocenters. The summed E-state index contributed by atoms with van der Waals surface area (Å²) in [5.41, 5.74) is 1.61. The lowest BCUT2D eigenvalue weighted by atomic mass is 10.1. The minimum absolute atomic E-state index is 0.0596. The number of nitrogens with zero attached hydrogens (tertiary/aromatic N) is 2. The van der Waals surface area contributed by atoms with Crippen LogP contribution in [-0.2, 0) is 4.79 Å². The van der Waals surface area contributed by atoms with E-state index in [4.69, 9.17) is 16.7 Å². The van der Waals surface area contributed by atoms with Crippen LogP contribution in [0.15, 0.2) is 54.6 Å². The molecule has 0 spiro atoms. The van der Waals surface area contributed by atoms with E-state index in [1.165, 1.54) is 12.1 Å². The summed E-state index contributed by atoms with van der Waals surface area (Å²) in [4.78, 5) is 19.3. The molecule has 1 heterocycles. The average molecular weight is 439 g/mol. The van der Waals surface area contributed by atoms with Crippen LogP contribution in [0.5, 0.6) is 5.75 Å². The number of carboxylic acid groups (broad SMARTS) is 1. The van der Waals surface area contributed by atoms with E-state index in [0.29, 0.717) is 11.4 Å². The predicted octanol–water partition coefficient (Wildman–Crippen LogP) is 4.94. The molecular weight excluding hydrogens is 425 g/mol. The van der Waals surface area contributed by atoms with E-state index in [-0.39, 0.29) is 16.8 Å². The second-order valence-corrected chi connectivity index (χ2v) is 6.30. The first kappa shape index (κ1) is 21.2. The Labute approximate surface area is 173 Å². The fourth-order valence-corrected chi connectivity index (χ4v) is 2.65. The van der Waals surface area contributed by atoms with E-state index < -0.39 is 24.6 Å². The van der Waals surface area contributed by atoms with Crippen LogP contribution in [0.2, 0.25) is 5.02 Å². The minimum Gasteiger partial charge on any atom is -0.480 e. The van der Waals surface area contributed by atoms with Gasteiger partial charge in [-0.15, -0.1) is 13.2 Å². The predicted molar refractivity (Wildman–Crippen MR) is 105 cm³/mol. The SMILES string of the molecule is O=C(O)CNc1nc(Nc2ccc(OC(F)(F)F)c(Cl)c2)cc(-c2ccccc2)n1. The van der Waals surface area contributed by atoms with Crippen LogP contribution >= 0.6 is 11.6 Å². The summed E-state index contributed by atoms with van der Waals surface area (Å²) < 4.78 is 41.0. The van der Waals surface area contributed by atoms with Crippen LogP contribution in [0.1, 0.15) is 0 Å². The Kier molecular flexibility index (Phi) is 6.26. The normalized spacial score (nSPS) is 11.1. The summed E-state index contributed by atoms with van der Waals surface area (Å²) >= 11 is 5.87. The van der Waals surface area contributed by atoms with Crippen molar-refractivity contribution in [2.24, 2.45) is 0 Å². The van der Waals surface area contributed by atoms with E-state index in [0.717, 1.165) is 11.6 Å². The van der Waals surface area contributed by atoms with Gasteiger partial charge in [-0.25, -0.2) is 4.98 Å². The first-order valence-corrected chi connectivity index (χ1v) is 8.80. The zero-order valence-electron chi connectivity index (χ0n) is 15.1. The standard InChI is InChI=1S/C19H14ClF3N4O3/c20-13-8-12(6-7-15(13)30-19(21,22)23)25-16-9-14(11-4-2-1-3-5-11)26-18(27-16)24-10-17(28)29/h1-9H,10H2,(H,28,29)(H2,24,25,26,27). The lowest BCUT2D eigenvalue weighted by molar-refractivity contribution is -0.274. The number of ether oxygens (including phenoxy) is 1. The number of alkyl halides is 3. The molecular formula is C19H14ClF3N4O3. The number of carboxylic acids is 1. The third-order valence-corrected chi connectivity index (χ3v) is 3.92. The Morgan fingerprint density at radius 2 is 1.83 bits per heavy atom. The first-order chi connectivity index (χ1) is 14.2. The zero-order valence-corrected chi connectivity index (χ0v) is 15.8. The van der Waals surface area contributed by atoms with Crippen molar-refractivity contribution in [1.29, 1.82) is 0 Å². The molecule has 0 aliphatic carbocycles. The van der Waals surface area contributed by atoms with Crippen molar-refractivity contribution in [1.82, 2.24) is 9.97 Å². The molecule has 30 heavy (non-hydrogen) atoms. The Bertz CT molecular complexity index is 1050. The van der Waals surface area contributed by atoms with E-state index >= 15 is 0 Å². The first-order valence-electron chi connectivity index (χ1n) is 8.42. The van der Waals surface area contributed by atoms with Gasteiger partial charge in [0.05, 0.1) is 10.7 Å². The smallest absolute Gasteiger partial charge is 0.480 e. The van der Waals surface area contributed by atoms with Crippen molar-refractivity contribution in [3.63, 3.8) is 0 Å². The molecule has 3 N–H and O–H groups in total. The highest BCUT2D eigenvalue weighted by Gasteiger charge is 2.32. The van der Waals surface area contributed by atoms with Gasteiger partial charge in [0.1, 0.15) is 18.1 Å². The molecule has 0 fully saturated rings. The maximum absolute atomic E-state index is 12.4. The Balaban J connectivity index is 1.90. The highest BCUT2D eigenvalue weighted by molar-refractivity contribution is 6.32. The van der Waals surface area contributed by atoms with Gasteiger partial charge in [-0.05, 0) is 18.2 Å². The number of nitrogens with one attached hydrogen (secondary N) is 2. The number of aromatic nitrogens is 2. The van der Waals surface area contributed by atoms with Crippen molar-refractivity contribution in [2.75, 3.05) is 17.2 Å². The lowest BCUT2D eigenvalue weighted by Gasteiger charge is -2.13. The minimum atomic E-state index is -4.86. The van der Waals surface area contributed by atoms with Gasteiger partial charge in [0.15, 0.2) is 0 Å². The van der Waals surface area contributed by atoms with Crippen molar-refractivity contribution < 1.29 is 27.8 Å². The van der Waals surface area contributed by atoms with Gasteiger partial charge >= 0.3 is 12.3 Å². The second-order valence-electron chi connectivity index (χ2n) is 5.89. The number of rotatable bonds is 7. The summed E-state index contributed by atoms with van der Waals surface area (Å²) in [6, 6.07) is 14.3. The van der Waals surface area contributed by atoms with E-state index in [9.17, 15) is 18.0 Å². The molecule has 7 nitrogen and oxygen atoms in total. The molecule has 0 aliphatic rings. The van der Waals surface area contributed by atoms with Crippen LogP contribution in [-0.4, -0.2) is 34.0 Å². The Morgan fingerprint density at radius 1 is 1.10 bits per heavy atom. The molecule has 0 radical (unpaired) electrons. The van der Waals surface area contributed by atoms with Gasteiger partial charge in [-0.2, -0.15) is 4.98 Å². The third-order valence-electron chi connectivity index (χ3n) is 3.62. The fourth-order valence-electron chi connectivity index (χ4n) is 2.44. The van der Waals surface area contributed by atoms with Crippen LogP contribution < -0.4 is 15.4 Å². The lowest BCUT2D eigenvalue weighted by Crippen LogP contribution is -2.17. The van der Waals surface area contributed by atoms with Gasteiger partial charge in [0.25, 0.3) is 0 Å². The summed E-state index contributed by atoms with van der Waals surface area (Å²) in [6.45, 7) is -0.396. The van der Waals surface area contributed by atoms with Gasteiger partial charge in [-0.3, -0.25) is 4.79 Å². The summed E-state index contributed by atoms with van der Waals surface area (Å²) in [7, 11) is 0. The van der Waals surface area contributed by atoms with Gasteiger partial charge in [0, 0.05) is 17.3 Å². The summed E-state index contributed by atoms with van der Waals surface area (Å²) in [5.74, 6) is -1.29. The topological polar surface area (TPSA) is 96.4 Å². The third kappa shape index (κ3) is 5.98. The summed E-state index contributed by atoms with van der Waals surface area (Å²) in [6.07, 6.45) is -4.86. The largest absolute Gasteiger partial charge is 0.573 e. The monoisotopic (exact) mass is 438 g/mol. The number of hydrogen-bond donors (Lipinski definition) is 3. The van der Waals surface area contributed by atoms with E-state index in [1.54, 1.807) is 6.07 Å². The molecule has 0 atom stereocenters. The van der Waals surface area contributed by atoms with Crippen LogP contribution in [0.25, 0.3) is 11.3 Å². The van der Waals surface area contributed by atoms with Crippen molar-refractivity contribution in [3.05, 3.63) is 59.6 Å². The number of aliphatic carboxylic acids is 1. The van der Waals surface area contributed by atoms with Gasteiger partial charge in [-0.1, -0.05) is 41.9 Å². The summed E-state index contributed by atoms with van der Waals surface area (Å²) in [5, 5.41) is 14.1. The Morgan fingerprint density at radius 3 is 2.47 bits per heavy atom. The maximum atomic E-state index is 12.4. The molecule has 0 saturated carbocycles. The van der Waals surface area contributed by atoms with Crippen LogP contribution in [0.4, 0.5) is 30.6 Å². The molecule has 156 valence electrons. The molecule has 0 aliphatic heterocycles. The number of halogens is 4. The molecule has 1 aromatic heterocycles. The Hall–Kier alpha value is -3.53. The van der Waals surface area contributed by atoms with E-state index in [2.05, 4.69) is 25.3 Å². The quantitative estimate of drug-likeness (QED) is 0.481. The molecule has 0 amide bonds. The van der Waals surface area contributed by atoms with Gasteiger partial charge in [0.2, 0.25) is 5.95 Å². The zero-order chi connectivity index (χ0) is 21.7. The molecule has 0 saturated heterocycles. The van der Waals surface area contributed by atoms with Gasteiger partial charge < -0.3 is 20.5 Å². The fraction of sp³-hybridized carbons (Fsp3) is 0.105. The average Bonchev–Trinajstić information content (AvgIpc) is 2.68. The van der Waals surface area contributed by atoms with Crippen LogP contribution in [0.3, 0.4) is 0 Å². The number of hydrogen-bond acceptors (Lipinski definition) is 6. The molecule has 2 aromatic carbocycles. The van der Waals surface area contributed by atoms with Crippen LogP contribution in [0, 0.1) is 0 Å². The number of anilines is 3. The van der Waals surface area contributed by atoms with E-state index in [1.807, 2.05) is 30.3 Å². The maximum Gasteiger partial charge on any atom is 0.573 e. The van der Waals surface area contributed by atoms with Crippen molar-refractivity contribution in [3.8, 4) is 17.0 Å². The molecule has 11 heteroatoms. The highest BCUT2D eigenvalue weighted by atomic mass is 35.5. The van der Waals surface area contributed by atoms with Crippen molar-refractivity contribution >= 4 is 35.0 Å².